The van der Waals surface area contributed by atoms with Crippen molar-refractivity contribution >= 4 is 27.6 Å². The smallest absolute Gasteiger partial charge is 0.130 e. The number of aromatic nitrogens is 1. The highest BCUT2D eigenvalue weighted by atomic mass is 16.5. The Balaban J connectivity index is 1.56. The molecule has 0 aliphatic rings. The Labute approximate surface area is 157 Å². The molecule has 1 heterocycles. The minimum atomic E-state index is -1.08. The lowest BCUT2D eigenvalue weighted by Crippen LogP contribution is -2.27. The number of carboxylic acid groups (broad SMARTS) is 1. The predicted octanol–water partition coefficient (Wildman–Crippen LogP) is 3.82. The molecule has 134 valence electrons. The zero-order chi connectivity index (χ0) is 18.8. The van der Waals surface area contributed by atoms with Gasteiger partial charge in [0, 0.05) is 17.3 Å². The Morgan fingerprint density at radius 3 is 2.59 bits per heavy atom. The number of carboxylic acids is 1. The van der Waals surface area contributed by atoms with Gasteiger partial charge in [-0.2, -0.15) is 0 Å². The van der Waals surface area contributed by atoms with Gasteiger partial charge in [-0.05, 0) is 40.6 Å². The molecule has 0 amide bonds. The summed E-state index contributed by atoms with van der Waals surface area (Å²) in [6.07, 6.45) is 0. The Kier molecular flexibility index (Phi) is 4.47. The molecule has 3 aromatic carbocycles. The highest BCUT2D eigenvalue weighted by Gasteiger charge is 2.08. The fourth-order valence-electron chi connectivity index (χ4n) is 3.08. The van der Waals surface area contributed by atoms with E-state index < -0.39 is 11.9 Å². The number of rotatable bonds is 5. The van der Waals surface area contributed by atoms with E-state index in [9.17, 15) is 9.90 Å². The van der Waals surface area contributed by atoms with Gasteiger partial charge in [0.15, 0.2) is 0 Å². The molecule has 0 radical (unpaired) electrons. The Hall–Kier alpha value is -3.40. The van der Waals surface area contributed by atoms with Gasteiger partial charge in [0.1, 0.15) is 12.4 Å². The zero-order valence-electron chi connectivity index (χ0n) is 14.9. The molecule has 0 fully saturated rings. The van der Waals surface area contributed by atoms with Crippen LogP contribution in [0.3, 0.4) is 0 Å². The third-order valence-electron chi connectivity index (χ3n) is 4.73. The van der Waals surface area contributed by atoms with Crippen LogP contribution in [0.4, 0.5) is 0 Å². The summed E-state index contributed by atoms with van der Waals surface area (Å²) < 4.78 is 5.91. The van der Waals surface area contributed by atoms with Crippen molar-refractivity contribution in [1.82, 2.24) is 4.98 Å². The third-order valence-corrected chi connectivity index (χ3v) is 4.73. The van der Waals surface area contributed by atoms with Crippen LogP contribution in [-0.4, -0.2) is 11.0 Å². The van der Waals surface area contributed by atoms with Crippen molar-refractivity contribution in [2.24, 2.45) is 0 Å². The summed E-state index contributed by atoms with van der Waals surface area (Å²) in [5.41, 5.74) is 2.52. The maximum atomic E-state index is 11.1. The first-order valence-corrected chi connectivity index (χ1v) is 8.82. The summed E-state index contributed by atoms with van der Waals surface area (Å²) in [6, 6.07) is 23.4. The number of carbonyl (C=O) groups excluding carboxylic acids is 1. The van der Waals surface area contributed by atoms with Gasteiger partial charge in [-0.15, -0.1) is 0 Å². The van der Waals surface area contributed by atoms with Crippen molar-refractivity contribution in [2.75, 3.05) is 0 Å². The van der Waals surface area contributed by atoms with E-state index in [1.54, 1.807) is 6.92 Å². The molecule has 0 unspecified atom stereocenters. The van der Waals surface area contributed by atoms with Gasteiger partial charge in [0.25, 0.3) is 0 Å². The molecule has 1 aromatic heterocycles. The largest absolute Gasteiger partial charge is 0.550 e. The average molecular weight is 356 g/mol. The first-order valence-electron chi connectivity index (χ1n) is 8.82. The molecule has 0 N–H and O–H groups in total. The molecule has 0 saturated heterocycles. The van der Waals surface area contributed by atoms with Gasteiger partial charge in [0.2, 0.25) is 0 Å². The molecular formula is C23H18NO3-. The second-order valence-corrected chi connectivity index (χ2v) is 6.59. The van der Waals surface area contributed by atoms with Gasteiger partial charge in [-0.1, -0.05) is 55.5 Å². The molecule has 4 heteroatoms. The molecule has 4 aromatic rings. The first-order chi connectivity index (χ1) is 13.1. The van der Waals surface area contributed by atoms with Crippen LogP contribution in [0.2, 0.25) is 0 Å². The van der Waals surface area contributed by atoms with Crippen LogP contribution in [0, 0.1) is 0 Å². The SMILES string of the molecule is C[C@H](C(=O)[O-])c1ccc2ccc(OCc3ccc4ccccc4n3)cc2c1. The molecule has 4 nitrogen and oxygen atoms in total. The Morgan fingerprint density at radius 1 is 0.963 bits per heavy atom. The van der Waals surface area contributed by atoms with Crippen LogP contribution in [0.25, 0.3) is 21.7 Å². The Morgan fingerprint density at radius 2 is 1.74 bits per heavy atom. The topological polar surface area (TPSA) is 62.2 Å². The molecular weight excluding hydrogens is 338 g/mol. The number of aliphatic carboxylic acids is 1. The Bertz CT molecular complexity index is 1140. The van der Waals surface area contributed by atoms with E-state index in [2.05, 4.69) is 4.98 Å². The van der Waals surface area contributed by atoms with Crippen molar-refractivity contribution in [3.05, 3.63) is 84.1 Å². The number of carbonyl (C=O) groups is 1. The minimum Gasteiger partial charge on any atom is -0.550 e. The van der Waals surface area contributed by atoms with Crippen molar-refractivity contribution in [1.29, 1.82) is 0 Å². The normalized spacial score (nSPS) is 12.2. The van der Waals surface area contributed by atoms with E-state index in [4.69, 9.17) is 4.74 Å². The average Bonchev–Trinajstić information content (AvgIpc) is 2.70. The highest BCUT2D eigenvalue weighted by molar-refractivity contribution is 5.86. The quantitative estimate of drug-likeness (QED) is 0.545. The van der Waals surface area contributed by atoms with Gasteiger partial charge in [-0.3, -0.25) is 0 Å². The van der Waals surface area contributed by atoms with Gasteiger partial charge < -0.3 is 14.6 Å². The van der Waals surface area contributed by atoms with E-state index in [0.717, 1.165) is 38.7 Å². The lowest BCUT2D eigenvalue weighted by molar-refractivity contribution is -0.307. The van der Waals surface area contributed by atoms with Gasteiger partial charge in [0.05, 0.1) is 11.2 Å². The number of para-hydroxylation sites is 1. The van der Waals surface area contributed by atoms with Crippen molar-refractivity contribution in [3.63, 3.8) is 0 Å². The molecule has 0 spiro atoms. The van der Waals surface area contributed by atoms with Crippen LogP contribution in [0.15, 0.2) is 72.8 Å². The number of hydrogen-bond acceptors (Lipinski definition) is 4. The fourth-order valence-corrected chi connectivity index (χ4v) is 3.08. The second kappa shape index (κ2) is 7.08. The summed E-state index contributed by atoms with van der Waals surface area (Å²) >= 11 is 0. The molecule has 0 aliphatic heterocycles. The molecule has 0 aliphatic carbocycles. The summed E-state index contributed by atoms with van der Waals surface area (Å²) in [4.78, 5) is 15.7. The first kappa shape index (κ1) is 17.0. The van der Waals surface area contributed by atoms with E-state index in [-0.39, 0.29) is 0 Å². The number of pyridine rings is 1. The van der Waals surface area contributed by atoms with Crippen molar-refractivity contribution < 1.29 is 14.6 Å². The molecule has 4 rings (SSSR count). The van der Waals surface area contributed by atoms with Gasteiger partial charge in [-0.25, -0.2) is 4.98 Å². The molecule has 27 heavy (non-hydrogen) atoms. The highest BCUT2D eigenvalue weighted by Crippen LogP contribution is 2.26. The van der Waals surface area contributed by atoms with Crippen molar-refractivity contribution in [2.45, 2.75) is 19.4 Å². The number of ether oxygens (including phenoxy) is 1. The summed E-state index contributed by atoms with van der Waals surface area (Å²) in [6.45, 7) is 1.99. The lowest BCUT2D eigenvalue weighted by atomic mass is 9.98. The van der Waals surface area contributed by atoms with E-state index >= 15 is 0 Å². The number of benzene rings is 3. The van der Waals surface area contributed by atoms with Crippen LogP contribution < -0.4 is 9.84 Å². The maximum absolute atomic E-state index is 11.1. The predicted molar refractivity (Wildman–Crippen MR) is 103 cm³/mol. The number of hydrogen-bond donors (Lipinski definition) is 0. The minimum absolute atomic E-state index is 0.367. The van der Waals surface area contributed by atoms with Crippen LogP contribution in [0.1, 0.15) is 24.1 Å². The second-order valence-electron chi connectivity index (χ2n) is 6.59. The summed E-state index contributed by atoms with van der Waals surface area (Å²) in [7, 11) is 0. The number of fused-ring (bicyclic) bond motifs is 2. The van der Waals surface area contributed by atoms with E-state index in [0.29, 0.717) is 6.61 Å². The summed E-state index contributed by atoms with van der Waals surface area (Å²) in [5, 5.41) is 14.2. The van der Waals surface area contributed by atoms with Crippen LogP contribution in [0.5, 0.6) is 5.75 Å². The van der Waals surface area contributed by atoms with Crippen LogP contribution in [-0.2, 0) is 11.4 Å². The fraction of sp³-hybridized carbons (Fsp3) is 0.130. The van der Waals surface area contributed by atoms with Gasteiger partial charge >= 0.3 is 0 Å². The standard InChI is InChI=1S/C23H19NO3/c1-15(23(25)26)18-7-6-16-9-11-21(13-19(16)12-18)27-14-20-10-8-17-4-2-3-5-22(17)24-20/h2-13,15H,14H2,1H3,(H,25,26)/p-1/t15-/m0/s1. The molecule has 1 atom stereocenters. The number of nitrogens with zero attached hydrogens (tertiary/aromatic N) is 1. The summed E-state index contributed by atoms with van der Waals surface area (Å²) in [5.74, 6) is -1.01. The zero-order valence-corrected chi connectivity index (χ0v) is 14.9. The molecule has 0 saturated carbocycles. The van der Waals surface area contributed by atoms with E-state index in [1.165, 1.54) is 0 Å². The van der Waals surface area contributed by atoms with Crippen LogP contribution >= 0.6 is 0 Å². The lowest BCUT2D eigenvalue weighted by Gasteiger charge is -2.14. The monoisotopic (exact) mass is 356 g/mol. The van der Waals surface area contributed by atoms with E-state index in [1.807, 2.05) is 72.8 Å². The molecule has 0 bridgehead atoms. The van der Waals surface area contributed by atoms with Crippen molar-refractivity contribution in [3.8, 4) is 5.75 Å². The third kappa shape index (κ3) is 3.60. The maximum Gasteiger partial charge on any atom is 0.130 e.